The topological polar surface area (TPSA) is 33.1 Å². The summed E-state index contributed by atoms with van der Waals surface area (Å²) < 4.78 is 0. The quantitative estimate of drug-likeness (QED) is 0.410. The Balaban J connectivity index is 0.000000145. The number of hydrogen-bond donors (Lipinski definition) is 1. The molecule has 0 atom stereocenters. The predicted octanol–water partition coefficient (Wildman–Crippen LogP) is 6.24. The van der Waals surface area contributed by atoms with E-state index in [1.807, 2.05) is 38.1 Å². The fourth-order valence-corrected chi connectivity index (χ4v) is 2.28. The van der Waals surface area contributed by atoms with E-state index in [0.29, 0.717) is 5.75 Å². The van der Waals surface area contributed by atoms with Crippen LogP contribution in [0.1, 0.15) is 16.7 Å². The van der Waals surface area contributed by atoms with E-state index in [0.717, 1.165) is 0 Å². The summed E-state index contributed by atoms with van der Waals surface area (Å²) in [6.45, 7) is 6.15. The van der Waals surface area contributed by atoms with Crippen LogP contribution in [0.15, 0.2) is 91.3 Å². The predicted molar refractivity (Wildman–Crippen MR) is 111 cm³/mol. The van der Waals surface area contributed by atoms with Crippen molar-refractivity contribution in [2.45, 2.75) is 20.8 Å². The van der Waals surface area contributed by atoms with E-state index in [9.17, 15) is 0 Å². The first-order valence-electron chi connectivity index (χ1n) is 8.62. The smallest absolute Gasteiger partial charge is 0.115 e. The van der Waals surface area contributed by atoms with Gasteiger partial charge in [0, 0.05) is 12.4 Å². The van der Waals surface area contributed by atoms with Gasteiger partial charge in [-0.25, -0.2) is 0 Å². The first-order chi connectivity index (χ1) is 12.5. The molecule has 0 fully saturated rings. The molecule has 0 aliphatic carbocycles. The van der Waals surface area contributed by atoms with Crippen molar-refractivity contribution in [2.24, 2.45) is 0 Å². The zero-order valence-corrected chi connectivity index (χ0v) is 15.6. The summed E-state index contributed by atoms with van der Waals surface area (Å²) in [4.78, 5) is 3.85. The Kier molecular flexibility index (Phi) is 7.38. The molecule has 26 heavy (non-hydrogen) atoms. The normalized spacial score (nSPS) is 9.50. The molecule has 0 aliphatic heterocycles. The largest absolute Gasteiger partial charge is 0.508 e. The highest BCUT2D eigenvalue weighted by Crippen LogP contribution is 2.14. The van der Waals surface area contributed by atoms with Crippen molar-refractivity contribution in [3.8, 4) is 5.75 Å². The SMILES string of the molecule is Cc1ccc(O)cc1.Cc1ccc2ccccc2c1.Cc1ccncc1. The van der Waals surface area contributed by atoms with Gasteiger partial charge in [-0.1, -0.05) is 65.7 Å². The fraction of sp³-hybridized carbons (Fsp3) is 0.125. The lowest BCUT2D eigenvalue weighted by Gasteiger charge is -1.96. The maximum absolute atomic E-state index is 8.76. The van der Waals surface area contributed by atoms with Gasteiger partial charge in [-0.15, -0.1) is 0 Å². The van der Waals surface area contributed by atoms with Gasteiger partial charge in [0.15, 0.2) is 0 Å². The second kappa shape index (κ2) is 10.00. The van der Waals surface area contributed by atoms with Crippen LogP contribution in [0.25, 0.3) is 10.8 Å². The second-order valence-electron chi connectivity index (χ2n) is 6.21. The van der Waals surface area contributed by atoms with Gasteiger partial charge in [0.2, 0.25) is 0 Å². The minimum atomic E-state index is 0.329. The van der Waals surface area contributed by atoms with E-state index in [-0.39, 0.29) is 0 Å². The second-order valence-corrected chi connectivity index (χ2v) is 6.21. The number of phenolic OH excluding ortho intramolecular Hbond substituents is 1. The lowest BCUT2D eigenvalue weighted by atomic mass is 10.1. The summed E-state index contributed by atoms with van der Waals surface area (Å²) in [7, 11) is 0. The van der Waals surface area contributed by atoms with Crippen LogP contribution in [0.4, 0.5) is 0 Å². The maximum Gasteiger partial charge on any atom is 0.115 e. The minimum Gasteiger partial charge on any atom is -0.508 e. The van der Waals surface area contributed by atoms with Gasteiger partial charge in [0.25, 0.3) is 0 Å². The molecule has 132 valence electrons. The minimum absolute atomic E-state index is 0.329. The summed E-state index contributed by atoms with van der Waals surface area (Å²) in [5.74, 6) is 0.329. The zero-order valence-electron chi connectivity index (χ0n) is 15.6. The molecular formula is C24H25NO. The first kappa shape index (κ1) is 19.2. The Morgan fingerprint density at radius 2 is 1.12 bits per heavy atom. The average Bonchev–Trinajstić information content (AvgIpc) is 2.66. The molecule has 0 saturated carbocycles. The van der Waals surface area contributed by atoms with Crippen molar-refractivity contribution in [1.82, 2.24) is 4.98 Å². The van der Waals surface area contributed by atoms with Gasteiger partial charge in [-0.2, -0.15) is 0 Å². The molecule has 0 saturated heterocycles. The lowest BCUT2D eigenvalue weighted by molar-refractivity contribution is 0.475. The van der Waals surface area contributed by atoms with Crippen LogP contribution < -0.4 is 0 Å². The van der Waals surface area contributed by atoms with E-state index in [2.05, 4.69) is 54.4 Å². The van der Waals surface area contributed by atoms with Crippen molar-refractivity contribution in [3.63, 3.8) is 0 Å². The number of rotatable bonds is 0. The van der Waals surface area contributed by atoms with E-state index in [1.54, 1.807) is 24.5 Å². The average molecular weight is 343 g/mol. The van der Waals surface area contributed by atoms with Crippen LogP contribution in [0.3, 0.4) is 0 Å². The molecule has 4 aromatic rings. The van der Waals surface area contributed by atoms with Gasteiger partial charge in [-0.05, 0) is 61.4 Å². The highest BCUT2D eigenvalue weighted by molar-refractivity contribution is 5.82. The number of aromatic hydroxyl groups is 1. The molecule has 1 aromatic heterocycles. The molecule has 2 heteroatoms. The van der Waals surface area contributed by atoms with E-state index in [1.165, 1.54) is 27.5 Å². The Morgan fingerprint density at radius 1 is 0.577 bits per heavy atom. The van der Waals surface area contributed by atoms with Gasteiger partial charge in [-0.3, -0.25) is 4.98 Å². The monoisotopic (exact) mass is 343 g/mol. The number of phenols is 1. The Morgan fingerprint density at radius 3 is 1.65 bits per heavy atom. The molecule has 0 aliphatic rings. The first-order valence-corrected chi connectivity index (χ1v) is 8.62. The number of hydrogen-bond acceptors (Lipinski definition) is 2. The summed E-state index contributed by atoms with van der Waals surface area (Å²) in [5.41, 5.74) is 3.75. The van der Waals surface area contributed by atoms with Gasteiger partial charge >= 0.3 is 0 Å². The van der Waals surface area contributed by atoms with Crippen molar-refractivity contribution >= 4 is 10.8 Å². The summed E-state index contributed by atoms with van der Waals surface area (Å²) in [6.07, 6.45) is 3.57. The standard InChI is InChI=1S/C11H10.C7H8O.C6H7N/c1-9-6-7-10-4-2-3-5-11(10)8-9;1-6-2-4-7(8)5-3-6;1-6-2-4-7-5-3-6/h2-8H,1H3;2-5,8H,1H3;2-5H,1H3. The fourth-order valence-electron chi connectivity index (χ4n) is 2.28. The van der Waals surface area contributed by atoms with Crippen LogP contribution in [-0.2, 0) is 0 Å². The molecule has 1 N–H and O–H groups in total. The Labute approximate surface area is 155 Å². The number of benzene rings is 3. The molecule has 0 spiro atoms. The Hall–Kier alpha value is -3.13. The third-order valence-corrected chi connectivity index (χ3v) is 3.79. The highest BCUT2D eigenvalue weighted by Gasteiger charge is 1.89. The van der Waals surface area contributed by atoms with Crippen molar-refractivity contribution in [1.29, 1.82) is 0 Å². The van der Waals surface area contributed by atoms with Crippen LogP contribution in [0.2, 0.25) is 0 Å². The summed E-state index contributed by atoms with van der Waals surface area (Å²) >= 11 is 0. The van der Waals surface area contributed by atoms with Crippen LogP contribution >= 0.6 is 0 Å². The van der Waals surface area contributed by atoms with Crippen molar-refractivity contribution in [3.05, 3.63) is 108 Å². The van der Waals surface area contributed by atoms with Crippen molar-refractivity contribution in [2.75, 3.05) is 0 Å². The number of aromatic nitrogens is 1. The molecule has 1 heterocycles. The third-order valence-electron chi connectivity index (χ3n) is 3.79. The van der Waals surface area contributed by atoms with E-state index >= 15 is 0 Å². The van der Waals surface area contributed by atoms with E-state index < -0.39 is 0 Å². The zero-order chi connectivity index (χ0) is 18.8. The summed E-state index contributed by atoms with van der Waals surface area (Å²) in [6, 6.07) is 26.0. The van der Waals surface area contributed by atoms with Gasteiger partial charge in [0.05, 0.1) is 0 Å². The molecular weight excluding hydrogens is 318 g/mol. The molecule has 3 aromatic carbocycles. The lowest BCUT2D eigenvalue weighted by Crippen LogP contribution is -1.73. The number of pyridine rings is 1. The molecule has 0 bridgehead atoms. The highest BCUT2D eigenvalue weighted by atomic mass is 16.3. The Bertz CT molecular complexity index is 894. The van der Waals surface area contributed by atoms with Gasteiger partial charge < -0.3 is 5.11 Å². The number of nitrogens with zero attached hydrogens (tertiary/aromatic N) is 1. The molecule has 0 unspecified atom stereocenters. The molecule has 0 radical (unpaired) electrons. The van der Waals surface area contributed by atoms with Crippen LogP contribution in [0.5, 0.6) is 5.75 Å². The van der Waals surface area contributed by atoms with E-state index in [4.69, 9.17) is 5.11 Å². The van der Waals surface area contributed by atoms with Crippen molar-refractivity contribution < 1.29 is 5.11 Å². The van der Waals surface area contributed by atoms with Gasteiger partial charge in [0.1, 0.15) is 5.75 Å². The van der Waals surface area contributed by atoms with Crippen LogP contribution in [0, 0.1) is 20.8 Å². The maximum atomic E-state index is 8.76. The van der Waals surface area contributed by atoms with Crippen LogP contribution in [-0.4, -0.2) is 10.1 Å². The molecule has 2 nitrogen and oxygen atoms in total. The third kappa shape index (κ3) is 6.78. The molecule has 4 rings (SSSR count). The molecule has 0 amide bonds. The summed E-state index contributed by atoms with van der Waals surface area (Å²) in [5, 5.41) is 11.4. The number of fused-ring (bicyclic) bond motifs is 1. The number of aryl methyl sites for hydroxylation is 3.